The summed E-state index contributed by atoms with van der Waals surface area (Å²) in [5, 5.41) is 4.09. The van der Waals surface area contributed by atoms with Crippen molar-refractivity contribution in [3.05, 3.63) is 65.2 Å². The number of benzene rings is 2. The second-order valence-corrected chi connectivity index (χ2v) is 6.00. The van der Waals surface area contributed by atoms with Crippen molar-refractivity contribution in [2.75, 3.05) is 5.32 Å². The minimum atomic E-state index is -4.45. The third-order valence-corrected chi connectivity index (χ3v) is 3.92. The van der Waals surface area contributed by atoms with E-state index in [9.17, 15) is 26.7 Å². The molecule has 2 rings (SSSR count). The Hall–Kier alpha value is -2.48. The van der Waals surface area contributed by atoms with Crippen molar-refractivity contribution in [2.24, 2.45) is 0 Å². The average molecular weight is 373 g/mol. The molecule has 0 unspecified atom stereocenters. The number of hydrogen-bond acceptors (Lipinski definition) is 1. The lowest BCUT2D eigenvalue weighted by atomic mass is 10.1. The van der Waals surface area contributed by atoms with Crippen molar-refractivity contribution >= 4 is 11.6 Å². The molecule has 0 aliphatic heterocycles. The van der Waals surface area contributed by atoms with E-state index in [-0.39, 0.29) is 11.3 Å². The van der Waals surface area contributed by atoms with Crippen molar-refractivity contribution in [3.8, 4) is 0 Å². The fourth-order valence-corrected chi connectivity index (χ4v) is 2.49. The number of anilines is 1. The highest BCUT2D eigenvalue weighted by atomic mass is 19.4. The molecule has 0 bridgehead atoms. The molecule has 2 aromatic rings. The summed E-state index contributed by atoms with van der Waals surface area (Å²) in [6.45, 7) is 3.25. The Kier molecular flexibility index (Phi) is 5.97. The minimum absolute atomic E-state index is 0.226. The molecule has 2 aromatic carbocycles. The first kappa shape index (κ1) is 19.8. The molecule has 0 heterocycles. The zero-order chi connectivity index (χ0) is 19.5. The summed E-state index contributed by atoms with van der Waals surface area (Å²) in [6, 6.07) is 6.20. The number of halogens is 5. The number of rotatable bonds is 5. The summed E-state index contributed by atoms with van der Waals surface area (Å²) in [4.78, 5) is 12.2. The van der Waals surface area contributed by atoms with Gasteiger partial charge in [0.1, 0.15) is 17.7 Å². The van der Waals surface area contributed by atoms with Crippen LogP contribution in [0.1, 0.15) is 31.0 Å². The summed E-state index contributed by atoms with van der Waals surface area (Å²) >= 11 is 0. The maximum Gasteiger partial charge on any atom is 0.416 e. The maximum atomic E-state index is 13.8. The molecule has 1 amide bonds. The summed E-state index contributed by atoms with van der Waals surface area (Å²) in [5.74, 6) is -1.84. The van der Waals surface area contributed by atoms with Crippen LogP contribution in [-0.4, -0.2) is 11.9 Å². The minimum Gasteiger partial charge on any atom is -0.330 e. The van der Waals surface area contributed by atoms with Crippen LogP contribution in [-0.2, 0) is 11.0 Å². The molecule has 3 nitrogen and oxygen atoms in total. The molecule has 0 fully saturated rings. The van der Waals surface area contributed by atoms with E-state index in [0.29, 0.717) is 0 Å². The van der Waals surface area contributed by atoms with Gasteiger partial charge in [0.2, 0.25) is 0 Å². The molecule has 0 saturated heterocycles. The molecule has 3 N–H and O–H groups in total. The van der Waals surface area contributed by atoms with Crippen LogP contribution in [0.3, 0.4) is 0 Å². The van der Waals surface area contributed by atoms with E-state index in [4.69, 9.17) is 0 Å². The molecular weight excluding hydrogens is 355 g/mol. The molecule has 26 heavy (non-hydrogen) atoms. The van der Waals surface area contributed by atoms with Crippen LogP contribution in [0, 0.1) is 11.6 Å². The van der Waals surface area contributed by atoms with Crippen LogP contribution < -0.4 is 10.6 Å². The van der Waals surface area contributed by atoms with Crippen molar-refractivity contribution in [2.45, 2.75) is 32.1 Å². The smallest absolute Gasteiger partial charge is 0.330 e. The van der Waals surface area contributed by atoms with Crippen LogP contribution in [0.5, 0.6) is 0 Å². The number of quaternary nitrogens is 1. The van der Waals surface area contributed by atoms with E-state index in [1.807, 2.05) is 0 Å². The standard InChI is InChI=1S/C18H17F5N2O/c1-10(15-8-5-13(19)9-16(15)20)24-11(2)17(26)25-14-6-3-12(4-7-14)18(21,22)23/h3-11,24H,1-2H3,(H,25,26)/p+1/t10-,11-/m1/s1. The molecule has 0 radical (unpaired) electrons. The normalized spacial score (nSPS) is 14.0. The SMILES string of the molecule is C[C@@H]([NH2+][C@H](C)c1ccc(F)cc1F)C(=O)Nc1ccc(C(F)(F)F)cc1. The van der Waals surface area contributed by atoms with E-state index < -0.39 is 41.4 Å². The first-order valence-electron chi connectivity index (χ1n) is 7.86. The Morgan fingerprint density at radius 3 is 2.19 bits per heavy atom. The zero-order valence-corrected chi connectivity index (χ0v) is 14.1. The Morgan fingerprint density at radius 2 is 1.65 bits per heavy atom. The topological polar surface area (TPSA) is 45.7 Å². The number of hydrogen-bond donors (Lipinski definition) is 2. The van der Waals surface area contributed by atoms with E-state index in [1.54, 1.807) is 19.2 Å². The van der Waals surface area contributed by atoms with Gasteiger partial charge in [-0.15, -0.1) is 0 Å². The van der Waals surface area contributed by atoms with Gasteiger partial charge in [-0.05, 0) is 50.2 Å². The predicted octanol–water partition coefficient (Wildman–Crippen LogP) is 3.64. The quantitative estimate of drug-likeness (QED) is 0.773. The predicted molar refractivity (Wildman–Crippen MR) is 86.2 cm³/mol. The molecule has 0 aliphatic carbocycles. The van der Waals surface area contributed by atoms with Gasteiger partial charge in [0.15, 0.2) is 6.04 Å². The highest BCUT2D eigenvalue weighted by Gasteiger charge is 2.30. The van der Waals surface area contributed by atoms with Crippen LogP contribution in [0.2, 0.25) is 0 Å². The first-order valence-corrected chi connectivity index (χ1v) is 7.86. The van der Waals surface area contributed by atoms with Crippen LogP contribution in [0.4, 0.5) is 27.6 Å². The fourth-order valence-electron chi connectivity index (χ4n) is 2.49. The summed E-state index contributed by atoms with van der Waals surface area (Å²) in [6.07, 6.45) is -4.45. The Balaban J connectivity index is 1.98. The van der Waals surface area contributed by atoms with E-state index in [0.717, 1.165) is 36.4 Å². The first-order chi connectivity index (χ1) is 12.1. The van der Waals surface area contributed by atoms with Gasteiger partial charge in [-0.3, -0.25) is 4.79 Å². The van der Waals surface area contributed by atoms with Crippen LogP contribution >= 0.6 is 0 Å². The Labute approximate surface area is 147 Å². The van der Waals surface area contributed by atoms with Gasteiger partial charge in [-0.1, -0.05) is 0 Å². The number of nitrogens with one attached hydrogen (secondary N) is 1. The van der Waals surface area contributed by atoms with Gasteiger partial charge in [-0.2, -0.15) is 13.2 Å². The molecular formula is C18H18F5N2O+. The maximum absolute atomic E-state index is 13.8. The van der Waals surface area contributed by atoms with Gasteiger partial charge in [0.05, 0.1) is 5.56 Å². The van der Waals surface area contributed by atoms with Gasteiger partial charge in [0.25, 0.3) is 5.91 Å². The average Bonchev–Trinajstić information content (AvgIpc) is 2.54. The highest BCUT2D eigenvalue weighted by Crippen LogP contribution is 2.29. The Morgan fingerprint density at radius 1 is 1.04 bits per heavy atom. The number of amides is 1. The lowest BCUT2D eigenvalue weighted by Crippen LogP contribution is -2.91. The van der Waals surface area contributed by atoms with Gasteiger partial charge in [0, 0.05) is 17.3 Å². The molecule has 2 atom stereocenters. The lowest BCUT2D eigenvalue weighted by molar-refractivity contribution is -0.710. The Bertz CT molecular complexity index is 774. The molecule has 8 heteroatoms. The van der Waals surface area contributed by atoms with E-state index in [1.165, 1.54) is 6.07 Å². The largest absolute Gasteiger partial charge is 0.416 e. The number of carbonyl (C=O) groups excluding carboxylic acids is 1. The van der Waals surface area contributed by atoms with Crippen molar-refractivity contribution in [1.29, 1.82) is 0 Å². The summed E-state index contributed by atoms with van der Waals surface area (Å²) in [7, 11) is 0. The van der Waals surface area contributed by atoms with Gasteiger partial charge >= 0.3 is 6.18 Å². The molecule has 0 saturated carbocycles. The third kappa shape index (κ3) is 5.01. The lowest BCUT2D eigenvalue weighted by Gasteiger charge is -2.17. The van der Waals surface area contributed by atoms with Gasteiger partial charge < -0.3 is 10.6 Å². The van der Waals surface area contributed by atoms with Crippen molar-refractivity contribution in [1.82, 2.24) is 0 Å². The molecule has 0 aliphatic rings. The monoisotopic (exact) mass is 373 g/mol. The molecule has 0 aromatic heterocycles. The number of carbonyl (C=O) groups is 1. The molecule has 140 valence electrons. The van der Waals surface area contributed by atoms with Gasteiger partial charge in [-0.25, -0.2) is 8.78 Å². The summed E-state index contributed by atoms with van der Waals surface area (Å²) in [5.41, 5.74) is -0.333. The van der Waals surface area contributed by atoms with E-state index in [2.05, 4.69) is 5.32 Å². The van der Waals surface area contributed by atoms with Crippen molar-refractivity contribution < 1.29 is 32.1 Å². The molecule has 0 spiro atoms. The summed E-state index contributed by atoms with van der Waals surface area (Å²) < 4.78 is 64.3. The third-order valence-electron chi connectivity index (χ3n) is 3.92. The van der Waals surface area contributed by atoms with Crippen LogP contribution in [0.15, 0.2) is 42.5 Å². The number of alkyl halides is 3. The second kappa shape index (κ2) is 7.82. The van der Waals surface area contributed by atoms with Crippen LogP contribution in [0.25, 0.3) is 0 Å². The highest BCUT2D eigenvalue weighted by molar-refractivity contribution is 5.93. The van der Waals surface area contributed by atoms with Crippen molar-refractivity contribution in [3.63, 3.8) is 0 Å². The van der Waals surface area contributed by atoms with E-state index >= 15 is 0 Å². The fraction of sp³-hybridized carbons (Fsp3) is 0.278. The zero-order valence-electron chi connectivity index (χ0n) is 14.1. The number of nitrogens with two attached hydrogens (primary N) is 1. The second-order valence-electron chi connectivity index (χ2n) is 6.00.